The second-order valence-electron chi connectivity index (χ2n) is 13.4. The average molecular weight is 690 g/mol. The van der Waals surface area contributed by atoms with Gasteiger partial charge in [0.25, 0.3) is 0 Å². The van der Waals surface area contributed by atoms with Crippen molar-refractivity contribution in [2.24, 2.45) is 5.41 Å². The van der Waals surface area contributed by atoms with E-state index in [1.807, 2.05) is 31.2 Å². The van der Waals surface area contributed by atoms with Gasteiger partial charge in [-0.15, -0.1) is 0 Å². The Bertz CT molecular complexity index is 1760. The van der Waals surface area contributed by atoms with Crippen LogP contribution in [0.2, 0.25) is 0 Å². The SMILES string of the molecule is COC(=O)c1ccc(-c2cc(C3=C(CN4C(=O)O[C@H](c5cc(C(F)(F)F)cc(C(F)(F)F)c5)C4C)CC(C)(C)CC3)c(OC)cc2C)cc1. The number of esters is 1. The number of carbonyl (C=O) groups excluding carboxylic acids is 2. The van der Waals surface area contributed by atoms with Crippen molar-refractivity contribution >= 4 is 17.6 Å². The van der Waals surface area contributed by atoms with E-state index in [0.717, 1.165) is 39.8 Å². The molecule has 262 valence electrons. The molecule has 5 rings (SSSR count). The normalized spacial score (nSPS) is 19.6. The van der Waals surface area contributed by atoms with Crippen LogP contribution in [-0.2, 0) is 21.8 Å². The highest BCUT2D eigenvalue weighted by Gasteiger charge is 2.44. The van der Waals surface area contributed by atoms with Crippen molar-refractivity contribution in [3.63, 3.8) is 0 Å². The summed E-state index contributed by atoms with van der Waals surface area (Å²) in [5.41, 5.74) is 2.21. The van der Waals surface area contributed by atoms with E-state index in [-0.39, 0.29) is 23.6 Å². The molecule has 3 aromatic carbocycles. The fraction of sp³-hybridized carbons (Fsp3) is 0.405. The number of rotatable bonds is 7. The van der Waals surface area contributed by atoms with E-state index >= 15 is 0 Å². The molecular weight excluding hydrogens is 652 g/mol. The van der Waals surface area contributed by atoms with Gasteiger partial charge in [-0.3, -0.25) is 4.90 Å². The molecule has 2 atom stereocenters. The summed E-state index contributed by atoms with van der Waals surface area (Å²) >= 11 is 0. The molecular formula is C37H37F6NO5. The third-order valence-corrected chi connectivity index (χ3v) is 9.35. The van der Waals surface area contributed by atoms with Gasteiger partial charge in [-0.25, -0.2) is 9.59 Å². The molecule has 0 bridgehead atoms. The zero-order valence-corrected chi connectivity index (χ0v) is 27.9. The molecule has 0 radical (unpaired) electrons. The predicted molar refractivity (Wildman–Crippen MR) is 171 cm³/mol. The lowest BCUT2D eigenvalue weighted by molar-refractivity contribution is -0.143. The van der Waals surface area contributed by atoms with Gasteiger partial charge in [0.15, 0.2) is 0 Å². The van der Waals surface area contributed by atoms with Crippen molar-refractivity contribution in [3.8, 4) is 16.9 Å². The van der Waals surface area contributed by atoms with Crippen LogP contribution in [0.4, 0.5) is 31.1 Å². The standard InChI is InChI=1S/C37H37F6NO5/c1-20-13-31(47-5)30(17-29(20)22-7-9-23(10-8-22)33(45)48-6)28-11-12-35(3,4)18-25(28)19-44-21(2)32(49-34(44)46)24-14-26(36(38,39)40)16-27(15-24)37(41,42)43/h7-10,13-17,21,32H,11-12,18-19H2,1-6H3/t21?,32-/m0/s1. The van der Waals surface area contributed by atoms with Gasteiger partial charge in [0.05, 0.1) is 37.0 Å². The molecule has 0 spiro atoms. The van der Waals surface area contributed by atoms with Crippen molar-refractivity contribution in [2.75, 3.05) is 20.8 Å². The van der Waals surface area contributed by atoms with Gasteiger partial charge in [0.1, 0.15) is 11.9 Å². The van der Waals surface area contributed by atoms with Crippen LogP contribution in [0.15, 0.2) is 60.2 Å². The summed E-state index contributed by atoms with van der Waals surface area (Å²) in [6, 6.07) is 11.3. The summed E-state index contributed by atoms with van der Waals surface area (Å²) in [6.45, 7) is 7.75. The number of hydrogen-bond donors (Lipinski definition) is 0. The number of nitrogens with zero attached hydrogens (tertiary/aromatic N) is 1. The molecule has 6 nitrogen and oxygen atoms in total. The maximum Gasteiger partial charge on any atom is 0.416 e. The maximum atomic E-state index is 13.6. The Hall–Kier alpha value is -4.48. The molecule has 2 aliphatic rings. The highest BCUT2D eigenvalue weighted by molar-refractivity contribution is 5.90. The van der Waals surface area contributed by atoms with Crippen molar-refractivity contribution < 1.29 is 50.1 Å². The molecule has 1 saturated heterocycles. The van der Waals surface area contributed by atoms with Crippen LogP contribution in [0.5, 0.6) is 5.75 Å². The fourth-order valence-electron chi connectivity index (χ4n) is 6.70. The summed E-state index contributed by atoms with van der Waals surface area (Å²) in [5.74, 6) is 0.155. The number of hydrogen-bond acceptors (Lipinski definition) is 5. The van der Waals surface area contributed by atoms with Gasteiger partial charge < -0.3 is 14.2 Å². The first kappa shape index (κ1) is 35.8. The van der Waals surface area contributed by atoms with Crippen molar-refractivity contribution in [1.29, 1.82) is 0 Å². The molecule has 1 aliphatic carbocycles. The summed E-state index contributed by atoms with van der Waals surface area (Å²) in [4.78, 5) is 26.6. The molecule has 0 saturated carbocycles. The molecule has 1 fully saturated rings. The topological polar surface area (TPSA) is 65.1 Å². The van der Waals surface area contributed by atoms with Gasteiger partial charge in [-0.05, 0) is 114 Å². The van der Waals surface area contributed by atoms with E-state index in [2.05, 4.69) is 13.8 Å². The minimum absolute atomic E-state index is 0.0561. The Kier molecular flexibility index (Phi) is 9.57. The lowest BCUT2D eigenvalue weighted by atomic mass is 9.72. The Morgan fingerprint density at radius 1 is 0.939 bits per heavy atom. The van der Waals surface area contributed by atoms with Gasteiger partial charge >= 0.3 is 24.4 Å². The Labute approximate surface area is 280 Å². The van der Waals surface area contributed by atoms with Gasteiger partial charge in [0, 0.05) is 12.1 Å². The third-order valence-electron chi connectivity index (χ3n) is 9.35. The van der Waals surface area contributed by atoms with E-state index in [0.29, 0.717) is 36.3 Å². The van der Waals surface area contributed by atoms with Gasteiger partial charge in [0.2, 0.25) is 0 Å². The number of cyclic esters (lactones) is 1. The Morgan fingerprint density at radius 3 is 2.10 bits per heavy atom. The second-order valence-corrected chi connectivity index (χ2v) is 13.4. The minimum atomic E-state index is -5.04. The molecule has 12 heteroatoms. The third kappa shape index (κ3) is 7.43. The largest absolute Gasteiger partial charge is 0.496 e. The summed E-state index contributed by atoms with van der Waals surface area (Å²) in [5, 5.41) is 0. The van der Waals surface area contributed by atoms with Crippen molar-refractivity contribution in [3.05, 3.63) is 93.6 Å². The van der Waals surface area contributed by atoms with E-state index in [9.17, 15) is 35.9 Å². The Morgan fingerprint density at radius 2 is 1.55 bits per heavy atom. The van der Waals surface area contributed by atoms with Crippen molar-refractivity contribution in [2.45, 2.75) is 71.5 Å². The molecule has 49 heavy (non-hydrogen) atoms. The number of halogens is 6. The number of benzene rings is 3. The van der Waals surface area contributed by atoms with E-state index in [1.54, 1.807) is 26.2 Å². The van der Waals surface area contributed by atoms with Crippen LogP contribution in [0.3, 0.4) is 0 Å². The quantitative estimate of drug-likeness (QED) is 0.183. The minimum Gasteiger partial charge on any atom is -0.496 e. The van der Waals surface area contributed by atoms with Gasteiger partial charge in [-0.1, -0.05) is 26.0 Å². The molecule has 1 heterocycles. The molecule has 1 amide bonds. The highest BCUT2D eigenvalue weighted by atomic mass is 19.4. The first-order chi connectivity index (χ1) is 22.8. The zero-order valence-electron chi connectivity index (χ0n) is 27.9. The van der Waals surface area contributed by atoms with Crippen LogP contribution >= 0.6 is 0 Å². The maximum absolute atomic E-state index is 13.6. The van der Waals surface area contributed by atoms with E-state index < -0.39 is 47.7 Å². The van der Waals surface area contributed by atoms with Crippen LogP contribution in [0, 0.1) is 12.3 Å². The molecule has 1 aliphatic heterocycles. The summed E-state index contributed by atoms with van der Waals surface area (Å²) in [7, 11) is 2.87. The first-order valence-corrected chi connectivity index (χ1v) is 15.7. The fourth-order valence-corrected chi connectivity index (χ4v) is 6.70. The van der Waals surface area contributed by atoms with Crippen LogP contribution in [-0.4, -0.2) is 43.8 Å². The number of ether oxygens (including phenoxy) is 3. The zero-order chi connectivity index (χ0) is 36.1. The van der Waals surface area contributed by atoms with Gasteiger partial charge in [-0.2, -0.15) is 26.3 Å². The van der Waals surface area contributed by atoms with Crippen LogP contribution < -0.4 is 4.74 Å². The lowest BCUT2D eigenvalue weighted by Gasteiger charge is -2.36. The number of alkyl halides is 6. The number of methoxy groups -OCH3 is 2. The monoisotopic (exact) mass is 689 g/mol. The number of carbonyl (C=O) groups is 2. The molecule has 0 aromatic heterocycles. The Balaban J connectivity index is 1.55. The van der Waals surface area contributed by atoms with E-state index in [4.69, 9.17) is 14.2 Å². The second kappa shape index (κ2) is 13.1. The molecule has 3 aromatic rings. The molecule has 0 N–H and O–H groups in total. The number of allylic oxidation sites excluding steroid dienone is 1. The first-order valence-electron chi connectivity index (χ1n) is 15.7. The lowest BCUT2D eigenvalue weighted by Crippen LogP contribution is -2.35. The van der Waals surface area contributed by atoms with Crippen LogP contribution in [0.25, 0.3) is 16.7 Å². The summed E-state index contributed by atoms with van der Waals surface area (Å²) < 4.78 is 97.9. The predicted octanol–water partition coefficient (Wildman–Crippen LogP) is 10.0. The smallest absolute Gasteiger partial charge is 0.416 e. The average Bonchev–Trinajstić information content (AvgIpc) is 3.31. The van der Waals surface area contributed by atoms with Crippen molar-refractivity contribution in [1.82, 2.24) is 4.90 Å². The van der Waals surface area contributed by atoms with E-state index in [1.165, 1.54) is 12.0 Å². The number of aryl methyl sites for hydroxylation is 1. The van der Waals surface area contributed by atoms with Crippen LogP contribution in [0.1, 0.15) is 84.3 Å². The summed E-state index contributed by atoms with van der Waals surface area (Å²) in [6.07, 6.45) is -10.2. The highest BCUT2D eigenvalue weighted by Crippen LogP contribution is 2.47. The molecule has 1 unspecified atom stereocenters. The number of amides is 1.